The highest BCUT2D eigenvalue weighted by molar-refractivity contribution is 5.77. The van der Waals surface area contributed by atoms with E-state index >= 15 is 0 Å². The predicted octanol–water partition coefficient (Wildman–Crippen LogP) is 0.233. The third-order valence-electron chi connectivity index (χ3n) is 2.26. The van der Waals surface area contributed by atoms with Crippen molar-refractivity contribution in [2.45, 2.75) is 26.4 Å². The van der Waals surface area contributed by atoms with Crippen LogP contribution in [0.2, 0.25) is 0 Å². The van der Waals surface area contributed by atoms with Crippen LogP contribution in [0.1, 0.15) is 20.3 Å². The van der Waals surface area contributed by atoms with Crippen LogP contribution >= 0.6 is 0 Å². The van der Waals surface area contributed by atoms with Crippen LogP contribution in [-0.4, -0.2) is 49.7 Å². The van der Waals surface area contributed by atoms with Crippen LogP contribution in [-0.2, 0) is 9.53 Å². The maximum Gasteiger partial charge on any atom is 0.234 e. The molecule has 82 valence electrons. The molecule has 0 aliphatic carbocycles. The third-order valence-corrected chi connectivity index (χ3v) is 2.26. The second-order valence-corrected chi connectivity index (χ2v) is 3.77. The van der Waals surface area contributed by atoms with E-state index in [1.165, 1.54) is 0 Å². The summed E-state index contributed by atoms with van der Waals surface area (Å²) in [5.41, 5.74) is 0. The minimum absolute atomic E-state index is 0.126. The van der Waals surface area contributed by atoms with E-state index < -0.39 is 0 Å². The van der Waals surface area contributed by atoms with Crippen molar-refractivity contribution in [3.05, 3.63) is 0 Å². The van der Waals surface area contributed by atoms with Gasteiger partial charge < -0.3 is 10.1 Å². The van der Waals surface area contributed by atoms with Crippen LogP contribution in [0.3, 0.4) is 0 Å². The van der Waals surface area contributed by atoms with Gasteiger partial charge >= 0.3 is 0 Å². The molecule has 14 heavy (non-hydrogen) atoms. The lowest BCUT2D eigenvalue weighted by Crippen LogP contribution is -2.46. The van der Waals surface area contributed by atoms with Crippen LogP contribution in [0.4, 0.5) is 0 Å². The summed E-state index contributed by atoms with van der Waals surface area (Å²) in [4.78, 5) is 13.5. The Morgan fingerprint density at radius 3 is 3.07 bits per heavy atom. The molecule has 1 amide bonds. The van der Waals surface area contributed by atoms with Crippen LogP contribution in [0, 0.1) is 0 Å². The normalized spacial score (nSPS) is 23.4. The highest BCUT2D eigenvalue weighted by Crippen LogP contribution is 2.03. The molecular weight excluding hydrogens is 180 g/mol. The summed E-state index contributed by atoms with van der Waals surface area (Å²) in [6, 6.07) is 0. The maximum absolute atomic E-state index is 11.4. The Bertz CT molecular complexity index is 185. The van der Waals surface area contributed by atoms with E-state index in [0.717, 1.165) is 32.7 Å². The molecule has 0 aromatic heterocycles. The third kappa shape index (κ3) is 4.07. The first-order valence-electron chi connectivity index (χ1n) is 5.33. The zero-order valence-electron chi connectivity index (χ0n) is 9.08. The topological polar surface area (TPSA) is 41.6 Å². The van der Waals surface area contributed by atoms with Crippen LogP contribution in [0.25, 0.3) is 0 Å². The fourth-order valence-electron chi connectivity index (χ4n) is 1.56. The molecule has 1 atom stereocenters. The number of morpholine rings is 1. The molecule has 0 radical (unpaired) electrons. The Hall–Kier alpha value is -0.610. The van der Waals surface area contributed by atoms with Crippen molar-refractivity contribution in [1.29, 1.82) is 0 Å². The molecule has 1 heterocycles. The van der Waals surface area contributed by atoms with Crippen molar-refractivity contribution in [2.24, 2.45) is 0 Å². The largest absolute Gasteiger partial charge is 0.376 e. The van der Waals surface area contributed by atoms with Gasteiger partial charge in [0, 0.05) is 19.6 Å². The lowest BCUT2D eigenvalue weighted by atomic mass is 10.3. The van der Waals surface area contributed by atoms with Gasteiger partial charge in [-0.15, -0.1) is 0 Å². The highest BCUT2D eigenvalue weighted by atomic mass is 16.5. The van der Waals surface area contributed by atoms with E-state index in [-0.39, 0.29) is 12.0 Å². The predicted molar refractivity (Wildman–Crippen MR) is 55.2 cm³/mol. The Balaban J connectivity index is 2.18. The quantitative estimate of drug-likeness (QED) is 0.706. The smallest absolute Gasteiger partial charge is 0.234 e. The second kappa shape index (κ2) is 5.98. The molecule has 1 aliphatic heterocycles. The molecule has 1 rings (SSSR count). The standard InChI is InChI=1S/C10H20N2O2/c1-3-4-11-10(13)8-12-5-6-14-9(2)7-12/h9H,3-8H2,1-2H3,(H,11,13). The van der Waals surface area contributed by atoms with Gasteiger partial charge in [0.2, 0.25) is 5.91 Å². The van der Waals surface area contributed by atoms with Crippen molar-refractivity contribution >= 4 is 5.91 Å². The zero-order valence-corrected chi connectivity index (χ0v) is 9.08. The van der Waals surface area contributed by atoms with Gasteiger partial charge in [-0.25, -0.2) is 0 Å². The molecule has 1 N–H and O–H groups in total. The number of carbonyl (C=O) groups excluding carboxylic acids is 1. The van der Waals surface area contributed by atoms with Gasteiger partial charge in [-0.3, -0.25) is 9.69 Å². The lowest BCUT2D eigenvalue weighted by molar-refractivity contribution is -0.124. The summed E-state index contributed by atoms with van der Waals surface area (Å²) < 4.78 is 5.40. The molecule has 1 aliphatic rings. The van der Waals surface area contributed by atoms with E-state index in [1.54, 1.807) is 0 Å². The monoisotopic (exact) mass is 200 g/mol. The lowest BCUT2D eigenvalue weighted by Gasteiger charge is -2.30. The van der Waals surface area contributed by atoms with E-state index in [2.05, 4.69) is 17.1 Å². The van der Waals surface area contributed by atoms with Gasteiger partial charge in [-0.05, 0) is 13.3 Å². The van der Waals surface area contributed by atoms with Crippen molar-refractivity contribution in [3.63, 3.8) is 0 Å². The van der Waals surface area contributed by atoms with Crippen LogP contribution in [0.15, 0.2) is 0 Å². The first-order chi connectivity index (χ1) is 6.72. The number of hydrogen-bond donors (Lipinski definition) is 1. The SMILES string of the molecule is CCCNC(=O)CN1CCOC(C)C1. The molecule has 0 aromatic carbocycles. The van der Waals surface area contributed by atoms with E-state index in [1.807, 2.05) is 6.92 Å². The summed E-state index contributed by atoms with van der Waals surface area (Å²) in [5, 5.41) is 2.87. The Morgan fingerprint density at radius 1 is 1.64 bits per heavy atom. The number of nitrogens with zero attached hydrogens (tertiary/aromatic N) is 1. The Kier molecular flexibility index (Phi) is 4.90. The molecule has 0 bridgehead atoms. The van der Waals surface area contributed by atoms with Crippen LogP contribution < -0.4 is 5.32 Å². The number of hydrogen-bond acceptors (Lipinski definition) is 3. The Labute approximate surface area is 85.6 Å². The minimum atomic E-state index is 0.126. The van der Waals surface area contributed by atoms with E-state index in [9.17, 15) is 4.79 Å². The maximum atomic E-state index is 11.4. The number of rotatable bonds is 4. The summed E-state index contributed by atoms with van der Waals surface area (Å²) in [7, 11) is 0. The molecule has 1 saturated heterocycles. The van der Waals surface area contributed by atoms with Gasteiger partial charge in [0.25, 0.3) is 0 Å². The number of amides is 1. The first-order valence-corrected chi connectivity index (χ1v) is 5.33. The number of nitrogens with one attached hydrogen (secondary N) is 1. The number of ether oxygens (including phenoxy) is 1. The molecule has 1 unspecified atom stereocenters. The molecule has 0 saturated carbocycles. The van der Waals surface area contributed by atoms with Crippen molar-refractivity contribution in [2.75, 3.05) is 32.8 Å². The summed E-state index contributed by atoms with van der Waals surface area (Å²) in [5.74, 6) is 0.126. The zero-order chi connectivity index (χ0) is 10.4. The molecule has 1 fully saturated rings. The number of carbonyl (C=O) groups is 1. The summed E-state index contributed by atoms with van der Waals surface area (Å²) >= 11 is 0. The van der Waals surface area contributed by atoms with Gasteiger partial charge in [-0.1, -0.05) is 6.92 Å². The van der Waals surface area contributed by atoms with Crippen molar-refractivity contribution in [3.8, 4) is 0 Å². The molecule has 0 spiro atoms. The van der Waals surface area contributed by atoms with Crippen LogP contribution in [0.5, 0.6) is 0 Å². The van der Waals surface area contributed by atoms with E-state index in [0.29, 0.717) is 6.54 Å². The fourth-order valence-corrected chi connectivity index (χ4v) is 1.56. The minimum Gasteiger partial charge on any atom is -0.376 e. The fraction of sp³-hybridized carbons (Fsp3) is 0.900. The van der Waals surface area contributed by atoms with Gasteiger partial charge in [0.05, 0.1) is 19.3 Å². The molecule has 4 nitrogen and oxygen atoms in total. The van der Waals surface area contributed by atoms with Crippen molar-refractivity contribution < 1.29 is 9.53 Å². The molecular formula is C10H20N2O2. The average Bonchev–Trinajstić information content (AvgIpc) is 2.15. The second-order valence-electron chi connectivity index (χ2n) is 3.77. The summed E-state index contributed by atoms with van der Waals surface area (Å²) in [6.45, 7) is 7.84. The molecule has 4 heteroatoms. The highest BCUT2D eigenvalue weighted by Gasteiger charge is 2.18. The first kappa shape index (κ1) is 11.5. The summed E-state index contributed by atoms with van der Waals surface area (Å²) in [6.07, 6.45) is 1.24. The van der Waals surface area contributed by atoms with Gasteiger partial charge in [0.15, 0.2) is 0 Å². The van der Waals surface area contributed by atoms with E-state index in [4.69, 9.17) is 4.74 Å². The van der Waals surface area contributed by atoms with Gasteiger partial charge in [-0.2, -0.15) is 0 Å². The average molecular weight is 200 g/mol. The van der Waals surface area contributed by atoms with Crippen molar-refractivity contribution in [1.82, 2.24) is 10.2 Å². The van der Waals surface area contributed by atoms with Gasteiger partial charge in [0.1, 0.15) is 0 Å². The Morgan fingerprint density at radius 2 is 2.43 bits per heavy atom. The molecule has 0 aromatic rings.